The third-order valence-corrected chi connectivity index (χ3v) is 5.43. The summed E-state index contributed by atoms with van der Waals surface area (Å²) in [5.41, 5.74) is 0.757. The molecule has 1 unspecified atom stereocenters. The molecule has 2 fully saturated rings. The summed E-state index contributed by atoms with van der Waals surface area (Å²) in [6, 6.07) is 5.59. The second kappa shape index (κ2) is 7.64. The van der Waals surface area contributed by atoms with Crippen LogP contribution < -0.4 is 5.32 Å². The molecule has 0 spiro atoms. The lowest BCUT2D eigenvalue weighted by Crippen LogP contribution is -2.39. The zero-order chi connectivity index (χ0) is 17.9. The number of nitrogens with zero attached hydrogens (tertiary/aromatic N) is 2. The van der Waals surface area contributed by atoms with Crippen molar-refractivity contribution in [3.63, 3.8) is 0 Å². The highest BCUT2D eigenvalue weighted by molar-refractivity contribution is 5.24. The lowest BCUT2D eigenvalue weighted by atomic mass is 9.89. The van der Waals surface area contributed by atoms with Gasteiger partial charge in [0.1, 0.15) is 0 Å². The molecule has 3 nitrogen and oxygen atoms in total. The van der Waals surface area contributed by atoms with Gasteiger partial charge in [0.15, 0.2) is 0 Å². The van der Waals surface area contributed by atoms with Gasteiger partial charge in [0.25, 0.3) is 0 Å². The molecule has 3 rings (SSSR count). The number of halogens is 3. The van der Waals surface area contributed by atoms with Gasteiger partial charge in [-0.3, -0.25) is 4.90 Å². The Kier molecular flexibility index (Phi) is 5.71. The first-order valence-corrected chi connectivity index (χ1v) is 9.16. The van der Waals surface area contributed by atoms with Crippen LogP contribution in [0.15, 0.2) is 24.3 Å². The molecule has 1 aromatic carbocycles. The van der Waals surface area contributed by atoms with Crippen molar-refractivity contribution in [1.29, 1.82) is 0 Å². The molecule has 0 radical (unpaired) electrons. The van der Waals surface area contributed by atoms with Crippen LogP contribution in [0.3, 0.4) is 0 Å². The second-order valence-corrected chi connectivity index (χ2v) is 7.84. The van der Waals surface area contributed by atoms with Gasteiger partial charge in [-0.25, -0.2) is 0 Å². The van der Waals surface area contributed by atoms with Gasteiger partial charge in [0.2, 0.25) is 0 Å². The van der Waals surface area contributed by atoms with Gasteiger partial charge < -0.3 is 10.2 Å². The summed E-state index contributed by atoms with van der Waals surface area (Å²) in [6.07, 6.45) is -1.91. The summed E-state index contributed by atoms with van der Waals surface area (Å²) in [7, 11) is 0. The molecule has 2 heterocycles. The summed E-state index contributed by atoms with van der Waals surface area (Å²) >= 11 is 0. The van der Waals surface area contributed by atoms with Gasteiger partial charge in [-0.05, 0) is 55.6 Å². The smallest absolute Gasteiger partial charge is 0.316 e. The molecule has 0 bridgehead atoms. The van der Waals surface area contributed by atoms with Crippen LogP contribution in [0.2, 0.25) is 0 Å². The van der Waals surface area contributed by atoms with Crippen molar-refractivity contribution in [3.8, 4) is 0 Å². The molecule has 0 aliphatic carbocycles. The van der Waals surface area contributed by atoms with Crippen LogP contribution in [0.1, 0.15) is 30.9 Å². The Morgan fingerprint density at radius 1 is 1.04 bits per heavy atom. The Morgan fingerprint density at radius 3 is 2.36 bits per heavy atom. The third kappa shape index (κ3) is 5.19. The van der Waals surface area contributed by atoms with E-state index < -0.39 is 11.7 Å². The van der Waals surface area contributed by atoms with E-state index in [0.29, 0.717) is 5.41 Å². The summed E-state index contributed by atoms with van der Waals surface area (Å²) < 4.78 is 38.0. The van der Waals surface area contributed by atoms with Gasteiger partial charge in [-0.1, -0.05) is 19.1 Å². The maximum Gasteiger partial charge on any atom is 0.416 e. The fourth-order valence-corrected chi connectivity index (χ4v) is 3.94. The molecule has 1 aromatic rings. The predicted octanol–water partition coefficient (Wildman–Crippen LogP) is 3.21. The second-order valence-electron chi connectivity index (χ2n) is 7.84. The van der Waals surface area contributed by atoms with E-state index in [4.69, 9.17) is 0 Å². The summed E-state index contributed by atoms with van der Waals surface area (Å²) in [5, 5.41) is 3.46. The van der Waals surface area contributed by atoms with Crippen LogP contribution in [-0.2, 0) is 12.7 Å². The van der Waals surface area contributed by atoms with E-state index in [2.05, 4.69) is 22.0 Å². The van der Waals surface area contributed by atoms with Crippen molar-refractivity contribution in [3.05, 3.63) is 35.4 Å². The van der Waals surface area contributed by atoms with Crippen LogP contribution in [0.25, 0.3) is 0 Å². The molecule has 1 atom stereocenters. The number of hydrogen-bond donors (Lipinski definition) is 1. The van der Waals surface area contributed by atoms with Crippen molar-refractivity contribution >= 4 is 0 Å². The largest absolute Gasteiger partial charge is 0.416 e. The predicted molar refractivity (Wildman–Crippen MR) is 93.4 cm³/mol. The lowest BCUT2D eigenvalue weighted by Gasteiger charge is -2.31. The van der Waals surface area contributed by atoms with Crippen molar-refractivity contribution in [2.75, 3.05) is 45.8 Å². The first-order valence-electron chi connectivity index (χ1n) is 9.16. The van der Waals surface area contributed by atoms with Crippen LogP contribution >= 0.6 is 0 Å². The minimum absolute atomic E-state index is 0.378. The molecule has 0 saturated carbocycles. The molecule has 6 heteroatoms. The maximum absolute atomic E-state index is 12.7. The highest BCUT2D eigenvalue weighted by Crippen LogP contribution is 2.29. The van der Waals surface area contributed by atoms with E-state index in [9.17, 15) is 13.2 Å². The number of alkyl halides is 3. The van der Waals surface area contributed by atoms with Crippen LogP contribution in [0.5, 0.6) is 0 Å². The minimum Gasteiger partial charge on any atom is -0.316 e. The van der Waals surface area contributed by atoms with Gasteiger partial charge in [0.05, 0.1) is 5.56 Å². The van der Waals surface area contributed by atoms with Crippen LogP contribution in [-0.4, -0.2) is 55.6 Å². The Bertz CT molecular complexity index is 550. The Hall–Kier alpha value is -1.11. The molecule has 140 valence electrons. The van der Waals surface area contributed by atoms with E-state index in [-0.39, 0.29) is 0 Å². The lowest BCUT2D eigenvalue weighted by molar-refractivity contribution is -0.137. The molecule has 2 aliphatic rings. The minimum atomic E-state index is -4.26. The van der Waals surface area contributed by atoms with Gasteiger partial charge in [0, 0.05) is 32.7 Å². The van der Waals surface area contributed by atoms with Gasteiger partial charge >= 0.3 is 6.18 Å². The van der Waals surface area contributed by atoms with Crippen molar-refractivity contribution in [2.24, 2.45) is 5.41 Å². The first-order chi connectivity index (χ1) is 11.8. The quantitative estimate of drug-likeness (QED) is 0.895. The highest BCUT2D eigenvalue weighted by Gasteiger charge is 2.31. The molecular formula is C19H28F3N3. The number of hydrogen-bond acceptors (Lipinski definition) is 3. The molecule has 2 aliphatic heterocycles. The zero-order valence-corrected chi connectivity index (χ0v) is 14.9. The molecule has 0 aromatic heterocycles. The zero-order valence-electron chi connectivity index (χ0n) is 14.9. The Labute approximate surface area is 148 Å². The average molecular weight is 355 g/mol. The Balaban J connectivity index is 1.51. The number of rotatable bonds is 4. The van der Waals surface area contributed by atoms with E-state index in [1.807, 2.05) is 0 Å². The van der Waals surface area contributed by atoms with Crippen LogP contribution in [0, 0.1) is 5.41 Å². The summed E-state index contributed by atoms with van der Waals surface area (Å²) in [6.45, 7) is 10.6. The summed E-state index contributed by atoms with van der Waals surface area (Å²) in [4.78, 5) is 4.91. The van der Waals surface area contributed by atoms with E-state index in [0.717, 1.165) is 64.3 Å². The van der Waals surface area contributed by atoms with E-state index in [1.165, 1.54) is 18.6 Å². The van der Waals surface area contributed by atoms with Crippen molar-refractivity contribution in [1.82, 2.24) is 15.1 Å². The van der Waals surface area contributed by atoms with Gasteiger partial charge in [-0.15, -0.1) is 0 Å². The third-order valence-electron chi connectivity index (χ3n) is 5.43. The average Bonchev–Trinajstić information content (AvgIpc) is 2.86. The highest BCUT2D eigenvalue weighted by atomic mass is 19.4. The number of nitrogens with one attached hydrogen (secondary N) is 1. The Morgan fingerprint density at radius 2 is 1.72 bits per heavy atom. The fraction of sp³-hybridized carbons (Fsp3) is 0.684. The molecular weight excluding hydrogens is 327 g/mol. The van der Waals surface area contributed by atoms with E-state index in [1.54, 1.807) is 12.1 Å². The maximum atomic E-state index is 12.7. The van der Waals surface area contributed by atoms with E-state index >= 15 is 0 Å². The van der Waals surface area contributed by atoms with Crippen molar-refractivity contribution < 1.29 is 13.2 Å². The molecule has 1 N–H and O–H groups in total. The topological polar surface area (TPSA) is 18.5 Å². The fourth-order valence-electron chi connectivity index (χ4n) is 3.94. The first kappa shape index (κ1) is 18.7. The standard InChI is InChI=1S/C19H28F3N3/c1-18(7-8-23-14-18)15-25-10-2-9-24(11-12-25)13-16-3-5-17(6-4-16)19(20,21)22/h3-6,23H,2,7-15H2,1H3. The molecule has 0 amide bonds. The monoisotopic (exact) mass is 355 g/mol. The number of benzene rings is 1. The molecule has 2 saturated heterocycles. The molecule has 25 heavy (non-hydrogen) atoms. The van der Waals surface area contributed by atoms with Gasteiger partial charge in [-0.2, -0.15) is 13.2 Å². The van der Waals surface area contributed by atoms with Crippen LogP contribution in [0.4, 0.5) is 13.2 Å². The normalized spacial score (nSPS) is 26.7. The summed E-state index contributed by atoms with van der Waals surface area (Å²) in [5.74, 6) is 0. The van der Waals surface area contributed by atoms with Crippen molar-refractivity contribution in [2.45, 2.75) is 32.5 Å². The SMILES string of the molecule is CC1(CN2CCCN(Cc3ccc(C(F)(F)F)cc3)CC2)CCNC1.